The molecule has 0 amide bonds. The number of anilines is 2. The van der Waals surface area contributed by atoms with E-state index in [2.05, 4.69) is 0 Å². The number of nitrogens with two attached hydrogens (primary N) is 2. The zero-order valence-electron chi connectivity index (χ0n) is 10.3. The second kappa shape index (κ2) is 4.93. The van der Waals surface area contributed by atoms with Gasteiger partial charge in [0.2, 0.25) is 0 Å². The highest BCUT2D eigenvalue weighted by Crippen LogP contribution is 2.37. The fourth-order valence-electron chi connectivity index (χ4n) is 1.84. The maximum absolute atomic E-state index is 5.80. The summed E-state index contributed by atoms with van der Waals surface area (Å²) in [6.07, 6.45) is 0. The lowest BCUT2D eigenvalue weighted by Gasteiger charge is -2.18. The van der Waals surface area contributed by atoms with Crippen LogP contribution in [0.15, 0.2) is 46.2 Å². The highest BCUT2D eigenvalue weighted by atomic mass is 32.2. The SMILES string of the molecule is Nc1ccc(Sc2ccc3c(c2)OCCO3)cc1N. The van der Waals surface area contributed by atoms with Crippen LogP contribution in [0.3, 0.4) is 0 Å². The topological polar surface area (TPSA) is 70.5 Å². The molecule has 0 unspecified atom stereocenters. The van der Waals surface area contributed by atoms with E-state index in [9.17, 15) is 0 Å². The van der Waals surface area contributed by atoms with Crippen LogP contribution in [-0.2, 0) is 0 Å². The molecule has 1 aliphatic heterocycles. The van der Waals surface area contributed by atoms with E-state index in [1.165, 1.54) is 0 Å². The molecule has 0 bridgehead atoms. The Kier molecular flexibility index (Phi) is 3.13. The summed E-state index contributed by atoms with van der Waals surface area (Å²) in [5.41, 5.74) is 12.7. The van der Waals surface area contributed by atoms with Crippen molar-refractivity contribution in [3.05, 3.63) is 36.4 Å². The fourth-order valence-corrected chi connectivity index (χ4v) is 2.74. The molecule has 2 aromatic carbocycles. The van der Waals surface area contributed by atoms with Crippen molar-refractivity contribution in [2.24, 2.45) is 0 Å². The van der Waals surface area contributed by atoms with Crippen molar-refractivity contribution >= 4 is 23.1 Å². The smallest absolute Gasteiger partial charge is 0.162 e. The Hall–Kier alpha value is -2.01. The number of rotatable bonds is 2. The summed E-state index contributed by atoms with van der Waals surface area (Å²) in [6, 6.07) is 11.5. The highest BCUT2D eigenvalue weighted by Gasteiger charge is 2.12. The van der Waals surface area contributed by atoms with Gasteiger partial charge in [-0.2, -0.15) is 0 Å². The normalized spacial score (nSPS) is 13.3. The third kappa shape index (κ3) is 2.56. The third-order valence-electron chi connectivity index (χ3n) is 2.81. The van der Waals surface area contributed by atoms with Gasteiger partial charge >= 0.3 is 0 Å². The highest BCUT2D eigenvalue weighted by molar-refractivity contribution is 7.99. The molecule has 4 nitrogen and oxygen atoms in total. The molecule has 0 aliphatic carbocycles. The minimum absolute atomic E-state index is 0.593. The molecule has 0 radical (unpaired) electrons. The maximum Gasteiger partial charge on any atom is 0.162 e. The average molecular weight is 274 g/mol. The monoisotopic (exact) mass is 274 g/mol. The number of benzene rings is 2. The Morgan fingerprint density at radius 1 is 0.789 bits per heavy atom. The van der Waals surface area contributed by atoms with Crippen molar-refractivity contribution in [3.63, 3.8) is 0 Å². The first-order valence-corrected chi connectivity index (χ1v) is 6.76. The molecule has 2 aromatic rings. The van der Waals surface area contributed by atoms with Crippen LogP contribution >= 0.6 is 11.8 Å². The Balaban J connectivity index is 1.84. The largest absolute Gasteiger partial charge is 0.486 e. The van der Waals surface area contributed by atoms with Crippen LogP contribution in [0.5, 0.6) is 11.5 Å². The predicted octanol–water partition coefficient (Wildman–Crippen LogP) is 2.77. The van der Waals surface area contributed by atoms with Gasteiger partial charge in [0, 0.05) is 9.79 Å². The van der Waals surface area contributed by atoms with Crippen molar-refractivity contribution in [1.82, 2.24) is 0 Å². The maximum atomic E-state index is 5.80. The van der Waals surface area contributed by atoms with E-state index in [4.69, 9.17) is 20.9 Å². The van der Waals surface area contributed by atoms with Crippen LogP contribution in [0.25, 0.3) is 0 Å². The third-order valence-corrected chi connectivity index (χ3v) is 3.79. The summed E-state index contributed by atoms with van der Waals surface area (Å²) in [7, 11) is 0. The van der Waals surface area contributed by atoms with Crippen molar-refractivity contribution in [2.75, 3.05) is 24.7 Å². The number of hydrogen-bond donors (Lipinski definition) is 2. The van der Waals surface area contributed by atoms with Gasteiger partial charge in [0.1, 0.15) is 13.2 Å². The molecule has 0 saturated heterocycles. The molecule has 0 aromatic heterocycles. The fraction of sp³-hybridized carbons (Fsp3) is 0.143. The summed E-state index contributed by atoms with van der Waals surface area (Å²) < 4.78 is 11.1. The molecule has 1 heterocycles. The second-order valence-corrected chi connectivity index (χ2v) is 5.35. The minimum Gasteiger partial charge on any atom is -0.486 e. The molecule has 5 heteroatoms. The number of hydrogen-bond acceptors (Lipinski definition) is 5. The van der Waals surface area contributed by atoms with E-state index < -0.39 is 0 Å². The molecule has 4 N–H and O–H groups in total. The molecule has 0 spiro atoms. The van der Waals surface area contributed by atoms with E-state index in [0.29, 0.717) is 24.6 Å². The molecule has 98 valence electrons. The van der Waals surface area contributed by atoms with Crippen molar-refractivity contribution in [2.45, 2.75) is 9.79 Å². The molecule has 0 atom stereocenters. The summed E-state index contributed by atoms with van der Waals surface area (Å²) >= 11 is 1.61. The van der Waals surface area contributed by atoms with Gasteiger partial charge in [-0.25, -0.2) is 0 Å². The lowest BCUT2D eigenvalue weighted by Crippen LogP contribution is -2.15. The number of nitrogen functional groups attached to an aromatic ring is 2. The summed E-state index contributed by atoms with van der Waals surface area (Å²) in [6.45, 7) is 1.20. The van der Waals surface area contributed by atoms with Gasteiger partial charge in [-0.05, 0) is 36.4 Å². The molecule has 3 rings (SSSR count). The average Bonchev–Trinajstić information content (AvgIpc) is 2.43. The van der Waals surface area contributed by atoms with E-state index in [1.807, 2.05) is 36.4 Å². The van der Waals surface area contributed by atoms with Crippen LogP contribution in [0.1, 0.15) is 0 Å². The van der Waals surface area contributed by atoms with Crippen molar-refractivity contribution in [1.29, 1.82) is 0 Å². The lowest BCUT2D eigenvalue weighted by molar-refractivity contribution is 0.171. The summed E-state index contributed by atoms with van der Waals surface area (Å²) in [5, 5.41) is 0. The molecular weight excluding hydrogens is 260 g/mol. The van der Waals surface area contributed by atoms with Gasteiger partial charge in [0.15, 0.2) is 11.5 Å². The molecule has 0 saturated carbocycles. The summed E-state index contributed by atoms with van der Waals surface area (Å²) in [4.78, 5) is 2.12. The van der Waals surface area contributed by atoms with Crippen LogP contribution in [0, 0.1) is 0 Å². The van der Waals surface area contributed by atoms with E-state index in [0.717, 1.165) is 21.3 Å². The van der Waals surface area contributed by atoms with Gasteiger partial charge < -0.3 is 20.9 Å². The standard InChI is InChI=1S/C14H14N2O2S/c15-11-3-1-9(7-12(11)16)19-10-2-4-13-14(8-10)18-6-5-17-13/h1-4,7-8H,5-6,15-16H2. The van der Waals surface area contributed by atoms with Crippen LogP contribution in [0.2, 0.25) is 0 Å². The van der Waals surface area contributed by atoms with Crippen molar-refractivity contribution in [3.8, 4) is 11.5 Å². The quantitative estimate of drug-likeness (QED) is 0.824. The van der Waals surface area contributed by atoms with Crippen molar-refractivity contribution < 1.29 is 9.47 Å². The second-order valence-electron chi connectivity index (χ2n) is 4.20. The predicted molar refractivity (Wildman–Crippen MR) is 76.8 cm³/mol. The van der Waals surface area contributed by atoms with Gasteiger partial charge in [-0.3, -0.25) is 0 Å². The lowest BCUT2D eigenvalue weighted by atomic mass is 10.3. The summed E-state index contributed by atoms with van der Waals surface area (Å²) in [5.74, 6) is 1.59. The van der Waals surface area contributed by atoms with E-state index in [1.54, 1.807) is 11.8 Å². The van der Waals surface area contributed by atoms with Crippen LogP contribution in [0.4, 0.5) is 11.4 Å². The van der Waals surface area contributed by atoms with Gasteiger partial charge in [0.05, 0.1) is 11.4 Å². The Bertz CT molecular complexity index is 616. The first-order chi connectivity index (χ1) is 9.22. The van der Waals surface area contributed by atoms with Gasteiger partial charge in [0.25, 0.3) is 0 Å². The Labute approximate surface area is 115 Å². The molecule has 19 heavy (non-hydrogen) atoms. The Morgan fingerprint density at radius 3 is 2.26 bits per heavy atom. The minimum atomic E-state index is 0.593. The first-order valence-electron chi connectivity index (χ1n) is 5.95. The van der Waals surface area contributed by atoms with Gasteiger partial charge in [-0.15, -0.1) is 0 Å². The molecule has 0 fully saturated rings. The zero-order chi connectivity index (χ0) is 13.2. The number of ether oxygens (including phenoxy) is 2. The Morgan fingerprint density at radius 2 is 1.47 bits per heavy atom. The first kappa shape index (κ1) is 12.0. The van der Waals surface area contributed by atoms with Crippen LogP contribution in [-0.4, -0.2) is 13.2 Å². The zero-order valence-corrected chi connectivity index (χ0v) is 11.1. The van der Waals surface area contributed by atoms with E-state index >= 15 is 0 Å². The molecule has 1 aliphatic rings. The molecular formula is C14H14N2O2S. The van der Waals surface area contributed by atoms with E-state index in [-0.39, 0.29) is 0 Å². The van der Waals surface area contributed by atoms with Crippen LogP contribution < -0.4 is 20.9 Å². The number of fused-ring (bicyclic) bond motifs is 1. The van der Waals surface area contributed by atoms with Gasteiger partial charge in [-0.1, -0.05) is 11.8 Å².